The number of nitrogens with zero attached hydrogens (tertiary/aromatic N) is 2. The fourth-order valence-electron chi connectivity index (χ4n) is 2.44. The highest BCUT2D eigenvalue weighted by molar-refractivity contribution is 7.24. The molecular weight excluding hydrogens is 332 g/mol. The van der Waals surface area contributed by atoms with Gasteiger partial charge in [-0.05, 0) is 13.8 Å². The molecule has 0 atom stereocenters. The first-order valence-electron chi connectivity index (χ1n) is 7.75. The summed E-state index contributed by atoms with van der Waals surface area (Å²) < 4.78 is 0. The zero-order chi connectivity index (χ0) is 16.5. The van der Waals surface area contributed by atoms with Crippen LogP contribution in [0, 0.1) is 13.8 Å². The van der Waals surface area contributed by atoms with Crippen molar-refractivity contribution in [3.8, 4) is 30.9 Å². The Morgan fingerprint density at radius 2 is 0.958 bits per heavy atom. The van der Waals surface area contributed by atoms with Crippen molar-refractivity contribution in [1.29, 1.82) is 0 Å². The van der Waals surface area contributed by atoms with Crippen LogP contribution in [0.4, 0.5) is 0 Å². The van der Waals surface area contributed by atoms with Gasteiger partial charge in [0.05, 0.1) is 9.75 Å². The minimum atomic E-state index is 1.05. The molecule has 0 bridgehead atoms. The molecule has 24 heavy (non-hydrogen) atoms. The maximum atomic E-state index is 4.58. The van der Waals surface area contributed by atoms with Gasteiger partial charge in [0, 0.05) is 23.5 Å². The molecule has 0 saturated carbocycles. The van der Waals surface area contributed by atoms with Crippen molar-refractivity contribution in [1.82, 2.24) is 9.97 Å². The number of rotatable bonds is 3. The van der Waals surface area contributed by atoms with Crippen LogP contribution in [0.25, 0.3) is 30.9 Å². The van der Waals surface area contributed by atoms with E-state index < -0.39 is 0 Å². The summed E-state index contributed by atoms with van der Waals surface area (Å²) >= 11 is 3.43. The molecular formula is C20H16N2S2. The van der Waals surface area contributed by atoms with E-state index in [0.717, 1.165) is 10.0 Å². The normalized spacial score (nSPS) is 10.9. The minimum Gasteiger partial charge on any atom is -0.244 e. The highest BCUT2D eigenvalue weighted by Crippen LogP contribution is 2.37. The predicted octanol–water partition coefficient (Wildman–Crippen LogP) is 6.22. The Kier molecular flexibility index (Phi) is 4.00. The summed E-state index contributed by atoms with van der Waals surface area (Å²) in [6.07, 6.45) is 3.90. The van der Waals surface area contributed by atoms with Crippen LogP contribution in [0.5, 0.6) is 0 Å². The third-order valence-corrected chi connectivity index (χ3v) is 6.14. The maximum Gasteiger partial charge on any atom is 0.123 e. The van der Waals surface area contributed by atoms with Gasteiger partial charge in [-0.2, -0.15) is 0 Å². The van der Waals surface area contributed by atoms with E-state index in [1.54, 1.807) is 22.7 Å². The molecule has 4 heteroatoms. The lowest BCUT2D eigenvalue weighted by atomic mass is 10.2. The molecule has 0 N–H and O–H groups in total. The zero-order valence-corrected chi connectivity index (χ0v) is 15.1. The van der Waals surface area contributed by atoms with Gasteiger partial charge in [-0.25, -0.2) is 9.97 Å². The molecule has 0 amide bonds. The van der Waals surface area contributed by atoms with E-state index in [2.05, 4.69) is 72.3 Å². The largest absolute Gasteiger partial charge is 0.244 e. The van der Waals surface area contributed by atoms with E-state index >= 15 is 0 Å². The van der Waals surface area contributed by atoms with E-state index in [9.17, 15) is 0 Å². The lowest BCUT2D eigenvalue weighted by Crippen LogP contribution is -1.75. The molecule has 0 radical (unpaired) electrons. The van der Waals surface area contributed by atoms with E-state index in [0.29, 0.717) is 0 Å². The van der Waals surface area contributed by atoms with Crippen molar-refractivity contribution >= 4 is 22.7 Å². The van der Waals surface area contributed by atoms with Crippen molar-refractivity contribution in [2.75, 3.05) is 0 Å². The zero-order valence-electron chi connectivity index (χ0n) is 13.5. The summed E-state index contributed by atoms with van der Waals surface area (Å²) in [6, 6.07) is 17.0. The Morgan fingerprint density at radius 3 is 1.33 bits per heavy atom. The van der Waals surface area contributed by atoms with E-state index in [1.807, 2.05) is 12.4 Å². The van der Waals surface area contributed by atoms with Crippen LogP contribution in [-0.2, 0) is 0 Å². The van der Waals surface area contributed by atoms with Gasteiger partial charge in [-0.3, -0.25) is 0 Å². The Bertz CT molecular complexity index is 882. The average Bonchev–Trinajstić information content (AvgIpc) is 3.25. The topological polar surface area (TPSA) is 25.8 Å². The quantitative estimate of drug-likeness (QED) is 0.439. The first-order chi connectivity index (χ1) is 11.7. The van der Waals surface area contributed by atoms with E-state index in [4.69, 9.17) is 0 Å². The van der Waals surface area contributed by atoms with Crippen LogP contribution in [0.3, 0.4) is 0 Å². The highest BCUT2D eigenvalue weighted by atomic mass is 32.1. The lowest BCUT2D eigenvalue weighted by molar-refractivity contribution is 1.39. The van der Waals surface area contributed by atoms with Crippen LogP contribution < -0.4 is 0 Å². The standard InChI is InChI=1S/C20H16N2S2/c1-13-3-7-15(8-4-13)19-21-11-17(23-19)18-12-22-20(24-18)16-9-5-14(2)6-10-16/h3-12H,1-2H3. The first kappa shape index (κ1) is 15.2. The third kappa shape index (κ3) is 3.03. The Labute approximate surface area is 149 Å². The molecule has 0 saturated heterocycles. The number of hydrogen-bond donors (Lipinski definition) is 0. The number of aryl methyl sites for hydroxylation is 2. The number of aromatic nitrogens is 2. The Balaban J connectivity index is 1.63. The van der Waals surface area contributed by atoms with E-state index in [-0.39, 0.29) is 0 Å². The number of thiazole rings is 2. The summed E-state index contributed by atoms with van der Waals surface area (Å²) in [7, 11) is 0. The molecule has 118 valence electrons. The molecule has 2 aromatic heterocycles. The molecule has 2 nitrogen and oxygen atoms in total. The Morgan fingerprint density at radius 1 is 0.583 bits per heavy atom. The SMILES string of the molecule is Cc1ccc(-c2ncc(-c3cnc(-c4ccc(C)cc4)s3)s2)cc1. The summed E-state index contributed by atoms with van der Waals surface area (Å²) in [5.41, 5.74) is 4.86. The molecule has 0 spiro atoms. The van der Waals surface area contributed by atoms with Crippen LogP contribution >= 0.6 is 22.7 Å². The fourth-order valence-corrected chi connectivity index (χ4v) is 4.34. The van der Waals surface area contributed by atoms with Crippen molar-refractivity contribution in [2.45, 2.75) is 13.8 Å². The molecule has 2 heterocycles. The number of hydrogen-bond acceptors (Lipinski definition) is 4. The van der Waals surface area contributed by atoms with Crippen LogP contribution in [0.2, 0.25) is 0 Å². The summed E-state index contributed by atoms with van der Waals surface area (Å²) in [5, 5.41) is 2.10. The average molecular weight is 348 g/mol. The summed E-state index contributed by atoms with van der Waals surface area (Å²) in [4.78, 5) is 11.5. The second-order valence-electron chi connectivity index (χ2n) is 5.79. The first-order valence-corrected chi connectivity index (χ1v) is 9.38. The van der Waals surface area contributed by atoms with Gasteiger partial charge in [-0.1, -0.05) is 59.7 Å². The molecule has 0 unspecified atom stereocenters. The second kappa shape index (κ2) is 6.30. The maximum absolute atomic E-state index is 4.58. The van der Waals surface area contributed by atoms with Crippen LogP contribution in [0.15, 0.2) is 60.9 Å². The highest BCUT2D eigenvalue weighted by Gasteiger charge is 2.11. The minimum absolute atomic E-state index is 1.05. The van der Waals surface area contributed by atoms with Gasteiger partial charge in [0.1, 0.15) is 10.0 Å². The molecule has 0 fully saturated rings. The van der Waals surface area contributed by atoms with Gasteiger partial charge in [-0.15, -0.1) is 22.7 Å². The second-order valence-corrected chi connectivity index (χ2v) is 7.85. The van der Waals surface area contributed by atoms with E-state index in [1.165, 1.54) is 32.0 Å². The van der Waals surface area contributed by atoms with Crippen LogP contribution in [0.1, 0.15) is 11.1 Å². The third-order valence-electron chi connectivity index (χ3n) is 3.85. The van der Waals surface area contributed by atoms with Gasteiger partial charge in [0.15, 0.2) is 0 Å². The molecule has 2 aromatic carbocycles. The van der Waals surface area contributed by atoms with Gasteiger partial charge in [0.25, 0.3) is 0 Å². The van der Waals surface area contributed by atoms with Crippen molar-refractivity contribution in [2.24, 2.45) is 0 Å². The van der Waals surface area contributed by atoms with Gasteiger partial charge >= 0.3 is 0 Å². The molecule has 0 aliphatic rings. The lowest BCUT2D eigenvalue weighted by Gasteiger charge is -1.96. The predicted molar refractivity (Wildman–Crippen MR) is 104 cm³/mol. The van der Waals surface area contributed by atoms with Gasteiger partial charge < -0.3 is 0 Å². The summed E-state index contributed by atoms with van der Waals surface area (Å²) in [5.74, 6) is 0. The fraction of sp³-hybridized carbons (Fsp3) is 0.100. The molecule has 4 aromatic rings. The van der Waals surface area contributed by atoms with Crippen molar-refractivity contribution in [3.05, 3.63) is 72.1 Å². The number of benzene rings is 2. The Hall–Kier alpha value is -2.30. The summed E-state index contributed by atoms with van der Waals surface area (Å²) in [6.45, 7) is 4.20. The van der Waals surface area contributed by atoms with Crippen LogP contribution in [-0.4, -0.2) is 9.97 Å². The molecule has 0 aliphatic heterocycles. The smallest absolute Gasteiger partial charge is 0.123 e. The molecule has 0 aliphatic carbocycles. The molecule has 4 rings (SSSR count). The van der Waals surface area contributed by atoms with Crippen molar-refractivity contribution < 1.29 is 0 Å². The van der Waals surface area contributed by atoms with Crippen molar-refractivity contribution in [3.63, 3.8) is 0 Å². The van der Waals surface area contributed by atoms with Gasteiger partial charge in [0.2, 0.25) is 0 Å². The monoisotopic (exact) mass is 348 g/mol.